The van der Waals surface area contributed by atoms with E-state index in [9.17, 15) is 8.78 Å². The molecule has 4 heteroatoms. The van der Waals surface area contributed by atoms with Crippen LogP contribution in [0.2, 0.25) is 0 Å². The zero-order chi connectivity index (χ0) is 22.2. The molecule has 3 aromatic rings. The van der Waals surface area contributed by atoms with E-state index < -0.39 is 11.6 Å². The van der Waals surface area contributed by atoms with Gasteiger partial charge in [0.15, 0.2) is 11.6 Å². The van der Waals surface area contributed by atoms with Crippen molar-refractivity contribution in [2.24, 2.45) is 0 Å². The Morgan fingerprint density at radius 1 is 0.781 bits per heavy atom. The van der Waals surface area contributed by atoms with E-state index in [2.05, 4.69) is 6.58 Å². The van der Waals surface area contributed by atoms with Gasteiger partial charge in [-0.05, 0) is 65.8 Å². The molecule has 32 heavy (non-hydrogen) atoms. The summed E-state index contributed by atoms with van der Waals surface area (Å²) >= 11 is 0. The van der Waals surface area contributed by atoms with Crippen LogP contribution in [0, 0.1) is 17.5 Å². The third-order valence-electron chi connectivity index (χ3n) is 6.91. The maximum atomic E-state index is 15.0. The van der Waals surface area contributed by atoms with Crippen molar-refractivity contribution in [2.45, 2.75) is 43.6 Å². The maximum Gasteiger partial charge on any atom is 0.166 e. The number of benzene rings is 3. The van der Waals surface area contributed by atoms with E-state index in [0.29, 0.717) is 23.3 Å². The average molecular weight is 435 g/mol. The van der Waals surface area contributed by atoms with Crippen LogP contribution in [0.4, 0.5) is 13.2 Å². The molecule has 1 nitrogen and oxygen atoms in total. The lowest BCUT2D eigenvalue weighted by Crippen LogP contribution is -2.14. The molecule has 1 unspecified atom stereocenters. The number of hydrogen-bond donors (Lipinski definition) is 0. The molecule has 5 rings (SSSR count). The van der Waals surface area contributed by atoms with Gasteiger partial charge in [-0.1, -0.05) is 61.2 Å². The van der Waals surface area contributed by atoms with Gasteiger partial charge in [0, 0.05) is 11.1 Å². The van der Waals surface area contributed by atoms with Gasteiger partial charge in [0.25, 0.3) is 0 Å². The van der Waals surface area contributed by atoms with E-state index in [4.69, 9.17) is 4.74 Å². The van der Waals surface area contributed by atoms with Crippen LogP contribution in [0.1, 0.15) is 65.9 Å². The van der Waals surface area contributed by atoms with Crippen molar-refractivity contribution in [2.75, 3.05) is 6.61 Å². The van der Waals surface area contributed by atoms with Crippen LogP contribution in [0.5, 0.6) is 0 Å². The first-order chi connectivity index (χ1) is 15.5. The summed E-state index contributed by atoms with van der Waals surface area (Å²) in [5, 5.41) is 0. The largest absolute Gasteiger partial charge is 0.368 e. The highest BCUT2D eigenvalue weighted by Gasteiger charge is 2.30. The van der Waals surface area contributed by atoms with Gasteiger partial charge in [0.1, 0.15) is 11.9 Å². The minimum Gasteiger partial charge on any atom is -0.368 e. The standard InChI is InChI=1S/C28H25F3O/c1-2-17-3-5-19(6-4-17)22-13-14-23(28(31)27(22)30)20-9-7-18(8-10-20)21-11-12-24(25(29)15-21)26-16-32-26/h2-6,11-15,18,20,26H,1,7-10,16H2. The molecular formula is C28H25F3O. The van der Waals surface area contributed by atoms with Crippen molar-refractivity contribution in [3.8, 4) is 11.1 Å². The monoisotopic (exact) mass is 434 g/mol. The zero-order valence-electron chi connectivity index (χ0n) is 17.8. The van der Waals surface area contributed by atoms with Crippen LogP contribution in [0.15, 0.2) is 61.2 Å². The highest BCUT2D eigenvalue weighted by atomic mass is 19.2. The third kappa shape index (κ3) is 4.00. The molecule has 0 amide bonds. The number of halogens is 3. The van der Waals surface area contributed by atoms with E-state index >= 15 is 4.39 Å². The Morgan fingerprint density at radius 3 is 2.06 bits per heavy atom. The fraction of sp³-hybridized carbons (Fsp3) is 0.286. The number of ether oxygens (including phenoxy) is 1. The van der Waals surface area contributed by atoms with Gasteiger partial charge in [-0.2, -0.15) is 0 Å². The molecule has 1 saturated heterocycles. The topological polar surface area (TPSA) is 12.5 Å². The van der Waals surface area contributed by atoms with E-state index in [0.717, 1.165) is 36.8 Å². The molecule has 1 saturated carbocycles. The fourth-order valence-corrected chi connectivity index (χ4v) is 4.93. The summed E-state index contributed by atoms with van der Waals surface area (Å²) in [6.45, 7) is 4.30. The van der Waals surface area contributed by atoms with Crippen molar-refractivity contribution >= 4 is 6.08 Å². The summed E-state index contributed by atoms with van der Waals surface area (Å²) in [4.78, 5) is 0. The molecule has 0 N–H and O–H groups in total. The van der Waals surface area contributed by atoms with Gasteiger partial charge < -0.3 is 4.74 Å². The van der Waals surface area contributed by atoms with Crippen molar-refractivity contribution < 1.29 is 17.9 Å². The summed E-state index contributed by atoms with van der Waals surface area (Å²) in [7, 11) is 0. The maximum absolute atomic E-state index is 15.0. The number of hydrogen-bond acceptors (Lipinski definition) is 1. The van der Waals surface area contributed by atoms with Gasteiger partial charge >= 0.3 is 0 Å². The Kier molecular flexibility index (Phi) is 5.64. The van der Waals surface area contributed by atoms with Gasteiger partial charge in [-0.15, -0.1) is 0 Å². The van der Waals surface area contributed by atoms with Crippen molar-refractivity contribution in [1.82, 2.24) is 0 Å². The van der Waals surface area contributed by atoms with Crippen LogP contribution in [0.3, 0.4) is 0 Å². The Hall–Kier alpha value is -2.85. The average Bonchev–Trinajstić information content (AvgIpc) is 3.66. The molecular weight excluding hydrogens is 409 g/mol. The van der Waals surface area contributed by atoms with Crippen molar-refractivity contribution in [3.05, 3.63) is 101 Å². The quantitative estimate of drug-likeness (QED) is 0.372. The molecule has 1 aliphatic carbocycles. The fourth-order valence-electron chi connectivity index (χ4n) is 4.93. The molecule has 3 aromatic carbocycles. The normalized spacial score (nSPS) is 22.5. The lowest BCUT2D eigenvalue weighted by molar-refractivity contribution is 0.380. The smallest absolute Gasteiger partial charge is 0.166 e. The minimum atomic E-state index is -0.795. The molecule has 1 aliphatic heterocycles. The van der Waals surface area contributed by atoms with Crippen LogP contribution in [0.25, 0.3) is 17.2 Å². The zero-order valence-corrected chi connectivity index (χ0v) is 17.8. The second-order valence-corrected chi connectivity index (χ2v) is 8.81. The molecule has 0 aromatic heterocycles. The highest BCUT2D eigenvalue weighted by molar-refractivity contribution is 5.66. The predicted molar refractivity (Wildman–Crippen MR) is 121 cm³/mol. The van der Waals surface area contributed by atoms with Crippen LogP contribution < -0.4 is 0 Å². The van der Waals surface area contributed by atoms with Crippen LogP contribution in [-0.4, -0.2) is 6.61 Å². The molecule has 0 spiro atoms. The van der Waals surface area contributed by atoms with E-state index in [1.54, 1.807) is 36.4 Å². The molecule has 2 fully saturated rings. The van der Waals surface area contributed by atoms with E-state index in [1.165, 1.54) is 0 Å². The number of epoxide rings is 1. The minimum absolute atomic E-state index is 0.0260. The lowest BCUT2D eigenvalue weighted by atomic mass is 9.75. The first-order valence-corrected chi connectivity index (χ1v) is 11.2. The molecule has 1 atom stereocenters. The van der Waals surface area contributed by atoms with Gasteiger partial charge in [-0.25, -0.2) is 13.2 Å². The van der Waals surface area contributed by atoms with Gasteiger partial charge in [0.05, 0.1) is 6.61 Å². The highest BCUT2D eigenvalue weighted by Crippen LogP contribution is 2.43. The molecule has 2 aliphatic rings. The SMILES string of the molecule is C=Cc1ccc(-c2ccc(C3CCC(c4ccc(C5CO5)c(F)c4)CC3)c(F)c2F)cc1. The summed E-state index contributed by atoms with van der Waals surface area (Å²) in [6, 6.07) is 16.1. The Balaban J connectivity index is 1.30. The Morgan fingerprint density at radius 2 is 1.44 bits per heavy atom. The summed E-state index contributed by atoms with van der Waals surface area (Å²) in [5.41, 5.74) is 3.89. The summed E-state index contributed by atoms with van der Waals surface area (Å²) in [6.07, 6.45) is 4.78. The van der Waals surface area contributed by atoms with Crippen molar-refractivity contribution in [3.63, 3.8) is 0 Å². The molecule has 0 bridgehead atoms. The van der Waals surface area contributed by atoms with E-state index in [1.807, 2.05) is 24.3 Å². The second kappa shape index (κ2) is 8.59. The summed E-state index contributed by atoms with van der Waals surface area (Å²) in [5.74, 6) is -1.54. The third-order valence-corrected chi connectivity index (χ3v) is 6.91. The van der Waals surface area contributed by atoms with Crippen LogP contribution in [-0.2, 0) is 4.74 Å². The first-order valence-electron chi connectivity index (χ1n) is 11.2. The van der Waals surface area contributed by atoms with E-state index in [-0.39, 0.29) is 29.3 Å². The van der Waals surface area contributed by atoms with Gasteiger partial charge in [0.2, 0.25) is 0 Å². The van der Waals surface area contributed by atoms with Gasteiger partial charge in [-0.3, -0.25) is 0 Å². The predicted octanol–water partition coefficient (Wildman–Crippen LogP) is 7.93. The second-order valence-electron chi connectivity index (χ2n) is 8.81. The molecule has 0 radical (unpaired) electrons. The number of rotatable bonds is 5. The van der Waals surface area contributed by atoms with Crippen molar-refractivity contribution in [1.29, 1.82) is 0 Å². The summed E-state index contributed by atoms with van der Waals surface area (Å²) < 4.78 is 49.5. The molecule has 1 heterocycles. The Bertz CT molecular complexity index is 1140. The Labute approximate surface area is 186 Å². The molecule has 164 valence electrons. The first kappa shape index (κ1) is 21.0. The van der Waals surface area contributed by atoms with Crippen LogP contribution >= 0.6 is 0 Å². The lowest BCUT2D eigenvalue weighted by Gasteiger charge is -2.29.